The molecule has 3 heteroatoms. The highest BCUT2D eigenvalue weighted by atomic mass is 35.5. The molecule has 16 heavy (non-hydrogen) atoms. The van der Waals surface area contributed by atoms with E-state index in [2.05, 4.69) is 4.90 Å². The van der Waals surface area contributed by atoms with Gasteiger partial charge in [-0.25, -0.2) is 0 Å². The van der Waals surface area contributed by atoms with Gasteiger partial charge in [0.25, 0.3) is 0 Å². The third-order valence-corrected chi connectivity index (χ3v) is 5.11. The first kappa shape index (κ1) is 10.9. The van der Waals surface area contributed by atoms with Crippen LogP contribution < -0.4 is 0 Å². The van der Waals surface area contributed by atoms with Gasteiger partial charge in [0.05, 0.1) is 0 Å². The summed E-state index contributed by atoms with van der Waals surface area (Å²) in [5, 5.41) is 0.297. The molecule has 1 amide bonds. The normalized spacial score (nSPS) is 39.3. The molecule has 90 valence electrons. The van der Waals surface area contributed by atoms with Crippen molar-refractivity contribution in [2.45, 2.75) is 43.9 Å². The number of amides is 1. The number of carbonyl (C=O) groups is 1. The zero-order chi connectivity index (χ0) is 11.1. The first-order valence-corrected chi connectivity index (χ1v) is 7.14. The van der Waals surface area contributed by atoms with E-state index >= 15 is 0 Å². The monoisotopic (exact) mass is 241 g/mol. The standard InChI is InChI=1S/C13H20ClNO/c14-9-5-7-15(8-6-9)13(16)12-10-3-1-2-4-11(10)12/h9-12H,1-8H2. The molecule has 0 aromatic carbocycles. The molecule has 2 unspecified atom stereocenters. The van der Waals surface area contributed by atoms with Crippen molar-refractivity contribution in [2.24, 2.45) is 17.8 Å². The van der Waals surface area contributed by atoms with E-state index in [1.165, 1.54) is 25.7 Å². The smallest absolute Gasteiger partial charge is 0.226 e. The van der Waals surface area contributed by atoms with Crippen molar-refractivity contribution in [1.29, 1.82) is 0 Å². The molecule has 2 nitrogen and oxygen atoms in total. The number of rotatable bonds is 1. The van der Waals surface area contributed by atoms with E-state index < -0.39 is 0 Å². The van der Waals surface area contributed by atoms with Gasteiger partial charge >= 0.3 is 0 Å². The molecule has 0 aromatic rings. The summed E-state index contributed by atoms with van der Waals surface area (Å²) in [6.45, 7) is 1.78. The molecule has 0 radical (unpaired) electrons. The van der Waals surface area contributed by atoms with Crippen molar-refractivity contribution >= 4 is 17.5 Å². The Morgan fingerprint density at radius 1 is 1.00 bits per heavy atom. The minimum atomic E-state index is 0.297. The van der Waals surface area contributed by atoms with Crippen molar-refractivity contribution < 1.29 is 4.79 Å². The summed E-state index contributed by atoms with van der Waals surface area (Å²) in [6, 6.07) is 0. The Hall–Kier alpha value is -0.240. The summed E-state index contributed by atoms with van der Waals surface area (Å²) in [7, 11) is 0. The van der Waals surface area contributed by atoms with Gasteiger partial charge in [-0.2, -0.15) is 0 Å². The summed E-state index contributed by atoms with van der Waals surface area (Å²) in [5.41, 5.74) is 0. The van der Waals surface area contributed by atoms with Gasteiger partial charge in [0, 0.05) is 24.4 Å². The average molecular weight is 242 g/mol. The van der Waals surface area contributed by atoms with Crippen LogP contribution in [-0.2, 0) is 4.79 Å². The molecule has 0 N–H and O–H groups in total. The van der Waals surface area contributed by atoms with Crippen LogP contribution in [0, 0.1) is 17.8 Å². The van der Waals surface area contributed by atoms with E-state index in [-0.39, 0.29) is 0 Å². The number of carbonyl (C=O) groups excluding carboxylic acids is 1. The number of nitrogens with zero attached hydrogens (tertiary/aromatic N) is 1. The fourth-order valence-corrected chi connectivity index (χ4v) is 3.83. The van der Waals surface area contributed by atoms with Gasteiger partial charge in [-0.3, -0.25) is 4.79 Å². The number of alkyl halides is 1. The van der Waals surface area contributed by atoms with Gasteiger partial charge in [-0.1, -0.05) is 12.8 Å². The van der Waals surface area contributed by atoms with Crippen LogP contribution in [0.15, 0.2) is 0 Å². The molecule has 3 aliphatic rings. The van der Waals surface area contributed by atoms with Gasteiger partial charge in [-0.15, -0.1) is 11.6 Å². The first-order valence-electron chi connectivity index (χ1n) is 6.70. The quantitative estimate of drug-likeness (QED) is 0.647. The SMILES string of the molecule is O=C(C1C2CCCCC21)N1CCC(Cl)CC1. The molecule has 0 spiro atoms. The molecule has 3 rings (SSSR count). The number of piperidine rings is 1. The number of hydrogen-bond donors (Lipinski definition) is 0. The fourth-order valence-electron chi connectivity index (χ4n) is 3.64. The van der Waals surface area contributed by atoms with E-state index in [1.54, 1.807) is 0 Å². The Morgan fingerprint density at radius 2 is 1.56 bits per heavy atom. The van der Waals surface area contributed by atoms with Gasteiger partial charge in [0.2, 0.25) is 5.91 Å². The second kappa shape index (κ2) is 4.21. The van der Waals surface area contributed by atoms with Crippen LogP contribution in [0.5, 0.6) is 0 Å². The number of likely N-dealkylation sites (tertiary alicyclic amines) is 1. The van der Waals surface area contributed by atoms with E-state index in [9.17, 15) is 4.79 Å². The predicted octanol–water partition coefficient (Wildman–Crippen LogP) is 2.65. The first-order chi connectivity index (χ1) is 7.77. The van der Waals surface area contributed by atoms with E-state index in [0.29, 0.717) is 17.2 Å². The van der Waals surface area contributed by atoms with Crippen LogP contribution in [-0.4, -0.2) is 29.3 Å². The maximum Gasteiger partial charge on any atom is 0.226 e. The van der Waals surface area contributed by atoms with Crippen LogP contribution in [0.2, 0.25) is 0 Å². The van der Waals surface area contributed by atoms with Crippen molar-refractivity contribution in [3.63, 3.8) is 0 Å². The minimum Gasteiger partial charge on any atom is -0.342 e. The summed E-state index contributed by atoms with van der Waals surface area (Å²) in [4.78, 5) is 14.4. The van der Waals surface area contributed by atoms with Gasteiger partial charge in [-0.05, 0) is 37.5 Å². The Morgan fingerprint density at radius 3 is 2.12 bits per heavy atom. The Labute approximate surface area is 102 Å². The third-order valence-electron chi connectivity index (χ3n) is 4.68. The number of halogens is 1. The van der Waals surface area contributed by atoms with Crippen molar-refractivity contribution in [3.8, 4) is 0 Å². The van der Waals surface area contributed by atoms with E-state index in [1.807, 2.05) is 0 Å². The Kier molecular flexibility index (Phi) is 2.87. The molecule has 1 aliphatic heterocycles. The highest BCUT2D eigenvalue weighted by Crippen LogP contribution is 2.56. The van der Waals surface area contributed by atoms with E-state index in [0.717, 1.165) is 37.8 Å². The van der Waals surface area contributed by atoms with Crippen LogP contribution >= 0.6 is 11.6 Å². The second-order valence-corrected chi connectivity index (χ2v) is 6.26. The van der Waals surface area contributed by atoms with Gasteiger partial charge in [0.1, 0.15) is 0 Å². The summed E-state index contributed by atoms with van der Waals surface area (Å²) >= 11 is 6.07. The topological polar surface area (TPSA) is 20.3 Å². The minimum absolute atomic E-state index is 0.297. The molecular formula is C13H20ClNO. The third kappa shape index (κ3) is 1.85. The maximum atomic E-state index is 12.3. The molecule has 3 fully saturated rings. The average Bonchev–Trinajstić information content (AvgIpc) is 3.03. The lowest BCUT2D eigenvalue weighted by Crippen LogP contribution is -2.40. The lowest BCUT2D eigenvalue weighted by Gasteiger charge is -2.29. The molecule has 1 saturated heterocycles. The van der Waals surface area contributed by atoms with Gasteiger partial charge in [0.15, 0.2) is 0 Å². The lowest BCUT2D eigenvalue weighted by molar-refractivity contribution is -0.134. The molecule has 2 aliphatic carbocycles. The van der Waals surface area contributed by atoms with Crippen molar-refractivity contribution in [3.05, 3.63) is 0 Å². The summed E-state index contributed by atoms with van der Waals surface area (Å²) in [6.07, 6.45) is 7.24. The van der Waals surface area contributed by atoms with Crippen molar-refractivity contribution in [2.75, 3.05) is 13.1 Å². The van der Waals surface area contributed by atoms with Crippen molar-refractivity contribution in [1.82, 2.24) is 4.90 Å². The van der Waals surface area contributed by atoms with E-state index in [4.69, 9.17) is 11.6 Å². The molecule has 0 aromatic heterocycles. The molecule has 2 saturated carbocycles. The molecule has 2 atom stereocenters. The Bertz CT molecular complexity index is 274. The highest BCUT2D eigenvalue weighted by Gasteiger charge is 2.55. The predicted molar refractivity (Wildman–Crippen MR) is 64.4 cm³/mol. The lowest BCUT2D eigenvalue weighted by atomic mass is 10.0. The largest absolute Gasteiger partial charge is 0.342 e. The molecule has 0 bridgehead atoms. The summed E-state index contributed by atoms with van der Waals surface area (Å²) in [5.74, 6) is 2.33. The number of hydrogen-bond acceptors (Lipinski definition) is 1. The Balaban J connectivity index is 1.57. The van der Waals surface area contributed by atoms with Crippen LogP contribution in [0.1, 0.15) is 38.5 Å². The fraction of sp³-hybridized carbons (Fsp3) is 0.923. The van der Waals surface area contributed by atoms with Crippen LogP contribution in [0.3, 0.4) is 0 Å². The second-order valence-electron chi connectivity index (χ2n) is 5.64. The zero-order valence-electron chi connectivity index (χ0n) is 9.70. The maximum absolute atomic E-state index is 12.3. The highest BCUT2D eigenvalue weighted by molar-refractivity contribution is 6.20. The molecular weight excluding hydrogens is 222 g/mol. The van der Waals surface area contributed by atoms with Crippen LogP contribution in [0.25, 0.3) is 0 Å². The van der Waals surface area contributed by atoms with Crippen LogP contribution in [0.4, 0.5) is 0 Å². The van der Waals surface area contributed by atoms with Gasteiger partial charge < -0.3 is 4.90 Å². The summed E-state index contributed by atoms with van der Waals surface area (Å²) < 4.78 is 0. The molecule has 1 heterocycles. The zero-order valence-corrected chi connectivity index (χ0v) is 10.5. The number of fused-ring (bicyclic) bond motifs is 1.